The number of thioether (sulfide) groups is 1. The second-order valence-electron chi connectivity index (χ2n) is 5.08. The molecule has 0 radical (unpaired) electrons. The monoisotopic (exact) mass is 279 g/mol. The van der Waals surface area contributed by atoms with Gasteiger partial charge in [-0.1, -0.05) is 19.3 Å². The third-order valence-corrected chi connectivity index (χ3v) is 4.71. The molecule has 1 N–H and O–H groups in total. The number of rotatable bonds is 4. The minimum Gasteiger partial charge on any atom is -0.508 e. The molecule has 1 fully saturated rings. The molecular formula is C15H21NO2S. The Labute approximate surface area is 119 Å². The summed E-state index contributed by atoms with van der Waals surface area (Å²) < 4.78 is 0. The summed E-state index contributed by atoms with van der Waals surface area (Å²) in [5.41, 5.74) is 0. The summed E-state index contributed by atoms with van der Waals surface area (Å²) in [6.07, 6.45) is 6.08. The van der Waals surface area contributed by atoms with Crippen molar-refractivity contribution in [2.24, 2.45) is 0 Å². The van der Waals surface area contributed by atoms with Crippen LogP contribution in [-0.2, 0) is 4.79 Å². The van der Waals surface area contributed by atoms with Gasteiger partial charge in [0, 0.05) is 18.0 Å². The maximum atomic E-state index is 12.1. The second-order valence-corrected chi connectivity index (χ2v) is 6.13. The Kier molecular flexibility index (Phi) is 5.14. The molecule has 1 amide bonds. The van der Waals surface area contributed by atoms with E-state index < -0.39 is 0 Å². The first-order valence-electron chi connectivity index (χ1n) is 6.84. The predicted octanol–water partition coefficient (Wildman–Crippen LogP) is 3.28. The molecule has 2 rings (SSSR count). The first kappa shape index (κ1) is 14.3. The number of nitrogens with zero attached hydrogens (tertiary/aromatic N) is 1. The number of carbonyl (C=O) groups excluding carboxylic acids is 1. The van der Waals surface area contributed by atoms with E-state index in [1.165, 1.54) is 31.0 Å². The van der Waals surface area contributed by atoms with Gasteiger partial charge in [-0.15, -0.1) is 11.8 Å². The Morgan fingerprint density at radius 3 is 2.53 bits per heavy atom. The highest BCUT2D eigenvalue weighted by atomic mass is 32.2. The molecule has 1 aromatic carbocycles. The molecule has 104 valence electrons. The van der Waals surface area contributed by atoms with Crippen molar-refractivity contribution in [3.05, 3.63) is 24.3 Å². The number of carbonyl (C=O) groups is 1. The van der Waals surface area contributed by atoms with Gasteiger partial charge in [-0.05, 0) is 37.1 Å². The largest absolute Gasteiger partial charge is 0.508 e. The van der Waals surface area contributed by atoms with Crippen molar-refractivity contribution in [2.45, 2.75) is 43.0 Å². The van der Waals surface area contributed by atoms with Crippen LogP contribution in [0.1, 0.15) is 32.1 Å². The maximum absolute atomic E-state index is 12.1. The summed E-state index contributed by atoms with van der Waals surface area (Å²) >= 11 is 1.53. The zero-order valence-corrected chi connectivity index (χ0v) is 12.2. The van der Waals surface area contributed by atoms with E-state index in [1.807, 2.05) is 24.1 Å². The standard InChI is InChI=1S/C15H21NO2S/c1-16(12-5-3-2-4-6-12)15(18)11-19-14-9-7-13(17)8-10-14/h7-10,12,17H,2-6,11H2,1H3. The number of phenolic OH excluding ortho intramolecular Hbond substituents is 1. The van der Waals surface area contributed by atoms with Crippen LogP contribution in [0.2, 0.25) is 0 Å². The summed E-state index contributed by atoms with van der Waals surface area (Å²) in [5.74, 6) is 0.928. The second kappa shape index (κ2) is 6.85. The van der Waals surface area contributed by atoms with E-state index in [2.05, 4.69) is 0 Å². The summed E-state index contributed by atoms with van der Waals surface area (Å²) in [7, 11) is 1.93. The van der Waals surface area contributed by atoms with Crippen LogP contribution in [0.3, 0.4) is 0 Å². The lowest BCUT2D eigenvalue weighted by Gasteiger charge is -2.31. The molecule has 0 bridgehead atoms. The molecule has 0 unspecified atom stereocenters. The SMILES string of the molecule is CN(C(=O)CSc1ccc(O)cc1)C1CCCCC1. The van der Waals surface area contributed by atoms with Gasteiger partial charge in [0.25, 0.3) is 0 Å². The van der Waals surface area contributed by atoms with Crippen LogP contribution in [0.25, 0.3) is 0 Å². The summed E-state index contributed by atoms with van der Waals surface area (Å²) in [5, 5.41) is 9.21. The number of benzene rings is 1. The molecule has 1 aromatic rings. The Bertz CT molecular complexity index is 413. The minimum atomic E-state index is 0.199. The fourth-order valence-electron chi connectivity index (χ4n) is 2.46. The van der Waals surface area contributed by atoms with Crippen LogP contribution in [0, 0.1) is 0 Å². The minimum absolute atomic E-state index is 0.199. The predicted molar refractivity (Wildman–Crippen MR) is 78.5 cm³/mol. The Morgan fingerprint density at radius 2 is 1.89 bits per heavy atom. The molecule has 1 aliphatic carbocycles. The summed E-state index contributed by atoms with van der Waals surface area (Å²) in [6, 6.07) is 7.42. The van der Waals surface area contributed by atoms with Crippen molar-refractivity contribution in [3.8, 4) is 5.75 Å². The van der Waals surface area contributed by atoms with E-state index in [-0.39, 0.29) is 11.7 Å². The molecule has 0 atom stereocenters. The van der Waals surface area contributed by atoms with E-state index in [9.17, 15) is 9.90 Å². The first-order chi connectivity index (χ1) is 9.16. The molecule has 19 heavy (non-hydrogen) atoms. The van der Waals surface area contributed by atoms with Crippen molar-refractivity contribution in [2.75, 3.05) is 12.8 Å². The van der Waals surface area contributed by atoms with Crippen molar-refractivity contribution in [3.63, 3.8) is 0 Å². The third-order valence-electron chi connectivity index (χ3n) is 3.71. The zero-order valence-electron chi connectivity index (χ0n) is 11.3. The van der Waals surface area contributed by atoms with Gasteiger partial charge in [-0.3, -0.25) is 4.79 Å². The molecular weight excluding hydrogens is 258 g/mol. The number of aromatic hydroxyl groups is 1. The van der Waals surface area contributed by atoms with Crippen LogP contribution in [0.4, 0.5) is 0 Å². The first-order valence-corrected chi connectivity index (χ1v) is 7.83. The molecule has 0 heterocycles. The Balaban J connectivity index is 1.81. The van der Waals surface area contributed by atoms with Crippen molar-refractivity contribution >= 4 is 17.7 Å². The van der Waals surface area contributed by atoms with Crippen molar-refractivity contribution in [1.82, 2.24) is 4.90 Å². The average molecular weight is 279 g/mol. The normalized spacial score (nSPS) is 16.3. The molecule has 3 nitrogen and oxygen atoms in total. The fourth-order valence-corrected chi connectivity index (χ4v) is 3.28. The van der Waals surface area contributed by atoms with Crippen LogP contribution in [0.5, 0.6) is 5.75 Å². The van der Waals surface area contributed by atoms with Gasteiger partial charge in [0.2, 0.25) is 5.91 Å². The molecule has 4 heteroatoms. The Morgan fingerprint density at radius 1 is 1.26 bits per heavy atom. The van der Waals surface area contributed by atoms with Crippen LogP contribution < -0.4 is 0 Å². The number of phenols is 1. The van der Waals surface area contributed by atoms with Gasteiger partial charge in [0.05, 0.1) is 5.75 Å². The number of hydrogen-bond donors (Lipinski definition) is 1. The summed E-state index contributed by atoms with van der Waals surface area (Å²) in [6.45, 7) is 0. The smallest absolute Gasteiger partial charge is 0.232 e. The molecule has 0 aliphatic heterocycles. The number of hydrogen-bond acceptors (Lipinski definition) is 3. The van der Waals surface area contributed by atoms with Crippen molar-refractivity contribution in [1.29, 1.82) is 0 Å². The highest BCUT2D eigenvalue weighted by Gasteiger charge is 2.21. The summed E-state index contributed by atoms with van der Waals surface area (Å²) in [4.78, 5) is 15.1. The van der Waals surface area contributed by atoms with E-state index >= 15 is 0 Å². The zero-order chi connectivity index (χ0) is 13.7. The van der Waals surface area contributed by atoms with Gasteiger partial charge < -0.3 is 10.0 Å². The van der Waals surface area contributed by atoms with Crippen LogP contribution in [-0.4, -0.2) is 34.8 Å². The highest BCUT2D eigenvalue weighted by molar-refractivity contribution is 8.00. The molecule has 0 saturated heterocycles. The molecule has 0 spiro atoms. The average Bonchev–Trinajstić information content (AvgIpc) is 2.46. The fraction of sp³-hybridized carbons (Fsp3) is 0.533. The van der Waals surface area contributed by atoms with Gasteiger partial charge >= 0.3 is 0 Å². The lowest BCUT2D eigenvalue weighted by molar-refractivity contribution is -0.129. The van der Waals surface area contributed by atoms with E-state index in [0.717, 1.165) is 17.7 Å². The maximum Gasteiger partial charge on any atom is 0.232 e. The number of amides is 1. The Hall–Kier alpha value is -1.16. The molecule has 1 aliphatic rings. The highest BCUT2D eigenvalue weighted by Crippen LogP contribution is 2.24. The van der Waals surface area contributed by atoms with Crippen LogP contribution in [0.15, 0.2) is 29.2 Å². The molecule has 1 saturated carbocycles. The van der Waals surface area contributed by atoms with Gasteiger partial charge in [0.1, 0.15) is 5.75 Å². The van der Waals surface area contributed by atoms with E-state index in [4.69, 9.17) is 0 Å². The van der Waals surface area contributed by atoms with E-state index in [0.29, 0.717) is 11.8 Å². The van der Waals surface area contributed by atoms with E-state index in [1.54, 1.807) is 12.1 Å². The van der Waals surface area contributed by atoms with Gasteiger partial charge in [0.15, 0.2) is 0 Å². The lowest BCUT2D eigenvalue weighted by Crippen LogP contribution is -2.39. The quantitative estimate of drug-likeness (QED) is 0.860. The topological polar surface area (TPSA) is 40.5 Å². The molecule has 0 aromatic heterocycles. The third kappa shape index (κ3) is 4.16. The van der Waals surface area contributed by atoms with Gasteiger partial charge in [-0.25, -0.2) is 0 Å². The lowest BCUT2D eigenvalue weighted by atomic mass is 9.94. The van der Waals surface area contributed by atoms with Gasteiger partial charge in [-0.2, -0.15) is 0 Å². The van der Waals surface area contributed by atoms with Crippen LogP contribution >= 0.6 is 11.8 Å². The van der Waals surface area contributed by atoms with Crippen molar-refractivity contribution < 1.29 is 9.90 Å².